The van der Waals surface area contributed by atoms with Gasteiger partial charge in [0, 0.05) is 5.69 Å². The molecule has 1 aromatic carbocycles. The summed E-state index contributed by atoms with van der Waals surface area (Å²) >= 11 is 0. The predicted octanol–water partition coefficient (Wildman–Crippen LogP) is 2.51. The Kier molecular flexibility index (Phi) is 5.82. The molecule has 1 aromatic rings. The minimum Gasteiger partial charge on any atom is -0.376 e. The molecule has 0 atom stereocenters. The number of carbonyl (C=O) groups is 2. The van der Waals surface area contributed by atoms with Gasteiger partial charge < -0.3 is 10.6 Å². The first kappa shape index (κ1) is 18.6. The van der Waals surface area contributed by atoms with Crippen LogP contribution in [0.3, 0.4) is 0 Å². The molecule has 1 rings (SSSR count). The van der Waals surface area contributed by atoms with Gasteiger partial charge >= 0.3 is 18.4 Å². The number of rotatable bonds is 4. The quantitative estimate of drug-likeness (QED) is 0.736. The molecule has 3 amide bonds. The van der Waals surface area contributed by atoms with E-state index in [0.29, 0.717) is 0 Å². The largest absolute Gasteiger partial charge is 0.416 e. The first-order valence-electron chi connectivity index (χ1n) is 6.03. The van der Waals surface area contributed by atoms with Gasteiger partial charge in [-0.25, -0.2) is 4.79 Å². The second-order valence-corrected chi connectivity index (χ2v) is 4.28. The molecule has 0 saturated carbocycles. The van der Waals surface area contributed by atoms with Gasteiger partial charge in [-0.15, -0.1) is 0 Å². The van der Waals surface area contributed by atoms with Gasteiger partial charge in [0.15, 0.2) is 0 Å². The summed E-state index contributed by atoms with van der Waals surface area (Å²) in [6, 6.07) is 2.58. The Hall–Kier alpha value is -2.46. The molecule has 0 aromatic heterocycles. The molecule has 0 heterocycles. The van der Waals surface area contributed by atoms with Crippen LogP contribution in [0.5, 0.6) is 0 Å². The average molecular weight is 343 g/mol. The molecule has 0 saturated heterocycles. The van der Waals surface area contributed by atoms with Gasteiger partial charge in [0.25, 0.3) is 0 Å². The van der Waals surface area contributed by atoms with Gasteiger partial charge in [-0.1, -0.05) is 6.07 Å². The van der Waals surface area contributed by atoms with Crippen LogP contribution in [0, 0.1) is 0 Å². The maximum atomic E-state index is 12.5. The van der Waals surface area contributed by atoms with E-state index < -0.39 is 42.9 Å². The zero-order valence-corrected chi connectivity index (χ0v) is 11.3. The molecule has 0 unspecified atom stereocenters. The number of urea groups is 1. The molecule has 0 aliphatic heterocycles. The zero-order valence-electron chi connectivity index (χ0n) is 11.3. The van der Waals surface area contributed by atoms with Crippen molar-refractivity contribution in [3.8, 4) is 0 Å². The number of hydrogen-bond donors (Lipinski definition) is 3. The highest BCUT2D eigenvalue weighted by atomic mass is 19.4. The normalized spacial score (nSPS) is 11.7. The lowest BCUT2D eigenvalue weighted by Gasteiger charge is -2.11. The van der Waals surface area contributed by atoms with Crippen molar-refractivity contribution in [2.24, 2.45) is 0 Å². The number of carbonyl (C=O) groups excluding carboxylic acids is 2. The summed E-state index contributed by atoms with van der Waals surface area (Å²) < 4.78 is 72.9. The average Bonchev–Trinajstić information content (AvgIpc) is 2.42. The van der Waals surface area contributed by atoms with Crippen LogP contribution in [-0.2, 0) is 11.0 Å². The molecule has 0 bridgehead atoms. The lowest BCUT2D eigenvalue weighted by molar-refractivity contribution is -0.137. The minimum absolute atomic E-state index is 0.0364. The molecular weight excluding hydrogens is 332 g/mol. The Labute approximate surface area is 126 Å². The number of imide groups is 1. The fourth-order valence-electron chi connectivity index (χ4n) is 1.38. The number of nitrogens with one attached hydrogen (secondary N) is 3. The monoisotopic (exact) mass is 343 g/mol. The Morgan fingerprint density at radius 3 is 2.26 bits per heavy atom. The van der Waals surface area contributed by atoms with Crippen molar-refractivity contribution in [1.29, 1.82) is 0 Å². The third-order valence-electron chi connectivity index (χ3n) is 2.35. The second kappa shape index (κ2) is 7.20. The molecule has 0 spiro atoms. The van der Waals surface area contributed by atoms with Crippen molar-refractivity contribution in [2.45, 2.75) is 12.4 Å². The van der Waals surface area contributed by atoms with Crippen molar-refractivity contribution < 1.29 is 35.9 Å². The van der Waals surface area contributed by atoms with Crippen molar-refractivity contribution >= 4 is 17.6 Å². The van der Waals surface area contributed by atoms with E-state index in [1.807, 2.05) is 0 Å². The number of hydrogen-bond acceptors (Lipinski definition) is 3. The van der Waals surface area contributed by atoms with Gasteiger partial charge in [0.2, 0.25) is 5.91 Å². The van der Waals surface area contributed by atoms with E-state index in [-0.39, 0.29) is 5.69 Å². The summed E-state index contributed by atoms with van der Waals surface area (Å²) in [4.78, 5) is 22.3. The van der Waals surface area contributed by atoms with Gasteiger partial charge in [0.1, 0.15) is 6.54 Å². The van der Waals surface area contributed by atoms with Crippen LogP contribution >= 0.6 is 0 Å². The van der Waals surface area contributed by atoms with E-state index in [9.17, 15) is 35.9 Å². The van der Waals surface area contributed by atoms with Gasteiger partial charge in [-0.05, 0) is 18.2 Å². The summed E-state index contributed by atoms with van der Waals surface area (Å²) in [5.41, 5.74) is -0.975. The molecule has 23 heavy (non-hydrogen) atoms. The second-order valence-electron chi connectivity index (χ2n) is 4.28. The Bertz CT molecular complexity index is 571. The van der Waals surface area contributed by atoms with Crippen LogP contribution in [0.4, 0.5) is 36.8 Å². The SMILES string of the molecule is O=C(CNc1cccc(C(F)(F)F)c1)NC(=O)NCC(F)(F)F. The maximum Gasteiger partial charge on any atom is 0.416 e. The molecule has 0 radical (unpaired) electrons. The highest BCUT2D eigenvalue weighted by molar-refractivity contribution is 5.96. The van der Waals surface area contributed by atoms with Crippen LogP contribution in [-0.4, -0.2) is 31.2 Å². The summed E-state index contributed by atoms with van der Waals surface area (Å²) in [5, 5.41) is 5.32. The number of anilines is 1. The molecule has 0 aliphatic rings. The fraction of sp³-hybridized carbons (Fsp3) is 0.333. The standard InChI is InChI=1S/C12H11F6N3O2/c13-11(14,15)6-20-10(23)21-9(22)5-19-8-3-1-2-7(4-8)12(16,17)18/h1-4,19H,5-6H2,(H2,20,21,22,23). The number of amides is 3. The zero-order chi connectivity index (χ0) is 17.7. The summed E-state index contributed by atoms with van der Waals surface area (Å²) in [6.45, 7) is -2.21. The summed E-state index contributed by atoms with van der Waals surface area (Å²) in [6.07, 6.45) is -9.19. The van der Waals surface area contributed by atoms with Crippen LogP contribution in [0.15, 0.2) is 24.3 Å². The van der Waals surface area contributed by atoms with E-state index in [4.69, 9.17) is 0 Å². The van der Waals surface area contributed by atoms with Gasteiger partial charge in [-0.3, -0.25) is 10.1 Å². The summed E-state index contributed by atoms with van der Waals surface area (Å²) in [7, 11) is 0. The van der Waals surface area contributed by atoms with Gasteiger partial charge in [0.05, 0.1) is 12.1 Å². The highest BCUT2D eigenvalue weighted by Gasteiger charge is 2.30. The van der Waals surface area contributed by atoms with E-state index in [1.165, 1.54) is 11.4 Å². The molecular formula is C12H11F6N3O2. The van der Waals surface area contributed by atoms with Crippen LogP contribution in [0.1, 0.15) is 5.56 Å². The first-order chi connectivity index (χ1) is 10.5. The van der Waals surface area contributed by atoms with E-state index in [0.717, 1.165) is 18.2 Å². The molecule has 5 nitrogen and oxygen atoms in total. The molecule has 3 N–H and O–H groups in total. The minimum atomic E-state index is -4.63. The summed E-state index contributed by atoms with van der Waals surface area (Å²) in [5.74, 6) is -1.01. The lowest BCUT2D eigenvalue weighted by Crippen LogP contribution is -2.45. The van der Waals surface area contributed by atoms with Crippen LogP contribution < -0.4 is 16.0 Å². The highest BCUT2D eigenvalue weighted by Crippen LogP contribution is 2.30. The van der Waals surface area contributed by atoms with Gasteiger partial charge in [-0.2, -0.15) is 26.3 Å². The third-order valence-corrected chi connectivity index (χ3v) is 2.35. The molecule has 128 valence electrons. The molecule has 11 heteroatoms. The first-order valence-corrected chi connectivity index (χ1v) is 6.03. The Morgan fingerprint density at radius 1 is 1.04 bits per heavy atom. The van der Waals surface area contributed by atoms with Crippen molar-refractivity contribution in [3.05, 3.63) is 29.8 Å². The van der Waals surface area contributed by atoms with Crippen molar-refractivity contribution in [2.75, 3.05) is 18.4 Å². The van der Waals surface area contributed by atoms with Crippen molar-refractivity contribution in [3.63, 3.8) is 0 Å². The smallest absolute Gasteiger partial charge is 0.376 e. The maximum absolute atomic E-state index is 12.5. The number of halogens is 6. The lowest BCUT2D eigenvalue weighted by atomic mass is 10.2. The molecule has 0 fully saturated rings. The number of benzene rings is 1. The fourth-order valence-corrected chi connectivity index (χ4v) is 1.38. The third kappa shape index (κ3) is 7.38. The van der Waals surface area contributed by atoms with Crippen LogP contribution in [0.25, 0.3) is 0 Å². The van der Waals surface area contributed by atoms with Crippen LogP contribution in [0.2, 0.25) is 0 Å². The van der Waals surface area contributed by atoms with E-state index in [2.05, 4.69) is 5.32 Å². The Balaban J connectivity index is 2.46. The predicted molar refractivity (Wildman–Crippen MR) is 67.5 cm³/mol. The molecule has 0 aliphatic carbocycles. The number of alkyl halides is 6. The van der Waals surface area contributed by atoms with E-state index >= 15 is 0 Å². The topological polar surface area (TPSA) is 70.2 Å². The van der Waals surface area contributed by atoms with E-state index in [1.54, 1.807) is 5.32 Å². The Morgan fingerprint density at radius 2 is 1.70 bits per heavy atom. The van der Waals surface area contributed by atoms with Crippen molar-refractivity contribution in [1.82, 2.24) is 10.6 Å².